The average Bonchev–Trinajstić information content (AvgIpc) is 2.83. The van der Waals surface area contributed by atoms with Crippen LogP contribution in [0.15, 0.2) is 72.8 Å². The largest absolute Gasteiger partial charge is 0.497 e. The van der Waals surface area contributed by atoms with Crippen LogP contribution in [0.5, 0.6) is 17.2 Å². The number of Topliss-reactive ketones (excluding diaryl/α,β-unsaturated/α-hetero) is 1. The fraction of sp³-hybridized carbons (Fsp3) is 0.222. The number of halogens is 1. The van der Waals surface area contributed by atoms with Crippen molar-refractivity contribution in [2.24, 2.45) is 0 Å². The van der Waals surface area contributed by atoms with Gasteiger partial charge in [0.2, 0.25) is 0 Å². The number of esters is 2. The molecule has 7 nitrogen and oxygen atoms in total. The fourth-order valence-corrected chi connectivity index (χ4v) is 2.91. The molecule has 0 aliphatic heterocycles. The van der Waals surface area contributed by atoms with E-state index in [9.17, 15) is 14.4 Å². The number of hydrogen-bond donors (Lipinski definition) is 1. The van der Waals surface area contributed by atoms with E-state index in [0.717, 1.165) is 0 Å². The highest BCUT2D eigenvalue weighted by atomic mass is 35.5. The van der Waals surface area contributed by atoms with E-state index >= 15 is 0 Å². The van der Waals surface area contributed by atoms with Crippen molar-refractivity contribution >= 4 is 30.1 Å². The standard InChI is InChI=1S/C27H27NO6.ClH/c1-27(2,3)28-17-22(29)20-12-15-23(33-26(31)19-10-13-21(32-4)14-11-19)24(16-20)34-25(30)18-8-6-5-7-9-18;/h5-16,28H,17H2,1-4H3;1H. The van der Waals surface area contributed by atoms with E-state index < -0.39 is 11.9 Å². The summed E-state index contributed by atoms with van der Waals surface area (Å²) in [5.41, 5.74) is 0.681. The molecule has 8 heteroatoms. The van der Waals surface area contributed by atoms with Gasteiger partial charge in [0.15, 0.2) is 17.3 Å². The number of benzene rings is 3. The summed E-state index contributed by atoms with van der Waals surface area (Å²) in [6, 6.07) is 19.2. The first-order valence-electron chi connectivity index (χ1n) is 10.7. The van der Waals surface area contributed by atoms with Gasteiger partial charge in [-0.05, 0) is 75.4 Å². The van der Waals surface area contributed by atoms with Crippen molar-refractivity contribution in [1.82, 2.24) is 5.32 Å². The van der Waals surface area contributed by atoms with E-state index in [1.54, 1.807) is 54.6 Å². The molecule has 0 fully saturated rings. The molecule has 1 N–H and O–H groups in total. The Kier molecular flexibility index (Phi) is 9.57. The predicted molar refractivity (Wildman–Crippen MR) is 135 cm³/mol. The molecule has 0 radical (unpaired) electrons. The molecule has 3 aromatic carbocycles. The van der Waals surface area contributed by atoms with E-state index in [-0.39, 0.29) is 47.3 Å². The first-order chi connectivity index (χ1) is 16.2. The SMILES string of the molecule is COc1ccc(C(=O)Oc2ccc(C(=O)CNC(C)(C)C)cc2OC(=O)c2ccccc2)cc1.Cl. The van der Waals surface area contributed by atoms with Crippen molar-refractivity contribution in [3.8, 4) is 17.2 Å². The Hall–Kier alpha value is -3.68. The molecule has 3 rings (SSSR count). The second-order valence-corrected chi connectivity index (χ2v) is 8.56. The van der Waals surface area contributed by atoms with Gasteiger partial charge in [-0.25, -0.2) is 9.59 Å². The third-order valence-corrected chi connectivity index (χ3v) is 4.79. The van der Waals surface area contributed by atoms with Gasteiger partial charge < -0.3 is 19.5 Å². The third-order valence-electron chi connectivity index (χ3n) is 4.79. The first-order valence-corrected chi connectivity index (χ1v) is 10.7. The molecule has 0 saturated heterocycles. The number of carbonyl (C=O) groups excluding carboxylic acids is 3. The molecule has 184 valence electrons. The number of ether oxygens (including phenoxy) is 3. The number of carbonyl (C=O) groups is 3. The van der Waals surface area contributed by atoms with Crippen LogP contribution in [-0.2, 0) is 0 Å². The molecule has 0 heterocycles. The lowest BCUT2D eigenvalue weighted by Gasteiger charge is -2.20. The quantitative estimate of drug-likeness (QED) is 0.262. The number of methoxy groups -OCH3 is 1. The molecule has 0 aliphatic rings. The van der Waals surface area contributed by atoms with E-state index in [1.165, 1.54) is 25.3 Å². The molecule has 0 aliphatic carbocycles. The van der Waals surface area contributed by atoms with Gasteiger partial charge >= 0.3 is 11.9 Å². The molecular weight excluding hydrogens is 470 g/mol. The van der Waals surface area contributed by atoms with Gasteiger partial charge in [-0.2, -0.15) is 0 Å². The molecule has 0 spiro atoms. The normalized spacial score (nSPS) is 10.6. The lowest BCUT2D eigenvalue weighted by atomic mass is 10.1. The third kappa shape index (κ3) is 7.95. The topological polar surface area (TPSA) is 90.9 Å². The lowest BCUT2D eigenvalue weighted by Crippen LogP contribution is -2.39. The Bertz CT molecular complexity index is 1170. The highest BCUT2D eigenvalue weighted by molar-refractivity contribution is 5.99. The highest BCUT2D eigenvalue weighted by Gasteiger charge is 2.20. The Morgan fingerprint density at radius 1 is 0.743 bits per heavy atom. The van der Waals surface area contributed by atoms with Crippen molar-refractivity contribution in [2.75, 3.05) is 13.7 Å². The first kappa shape index (κ1) is 27.6. The average molecular weight is 498 g/mol. The van der Waals surface area contributed by atoms with E-state index in [1.807, 2.05) is 20.8 Å². The smallest absolute Gasteiger partial charge is 0.343 e. The van der Waals surface area contributed by atoms with Crippen LogP contribution in [0.3, 0.4) is 0 Å². The minimum absolute atomic E-state index is 0. The van der Waals surface area contributed by atoms with Crippen LogP contribution in [0.4, 0.5) is 0 Å². The van der Waals surface area contributed by atoms with E-state index in [4.69, 9.17) is 14.2 Å². The summed E-state index contributed by atoms with van der Waals surface area (Å²) >= 11 is 0. The fourth-order valence-electron chi connectivity index (χ4n) is 2.91. The van der Waals surface area contributed by atoms with Crippen molar-refractivity contribution in [2.45, 2.75) is 26.3 Å². The van der Waals surface area contributed by atoms with Gasteiger partial charge in [0.05, 0.1) is 24.8 Å². The molecular formula is C27H28ClNO6. The van der Waals surface area contributed by atoms with Gasteiger partial charge in [-0.3, -0.25) is 4.79 Å². The zero-order valence-electron chi connectivity index (χ0n) is 20.0. The second kappa shape index (κ2) is 12.1. The van der Waals surface area contributed by atoms with Crippen LogP contribution in [0, 0.1) is 0 Å². The van der Waals surface area contributed by atoms with Gasteiger partial charge in [-0.15, -0.1) is 12.4 Å². The maximum atomic E-state index is 12.7. The summed E-state index contributed by atoms with van der Waals surface area (Å²) < 4.78 is 16.1. The van der Waals surface area contributed by atoms with Gasteiger partial charge in [0.1, 0.15) is 5.75 Å². The molecule has 3 aromatic rings. The summed E-state index contributed by atoms with van der Waals surface area (Å²) in [5, 5.41) is 3.13. The molecule has 0 amide bonds. The number of rotatable bonds is 8. The molecule has 0 atom stereocenters. The predicted octanol–water partition coefficient (Wildman–Crippen LogP) is 5.13. The van der Waals surface area contributed by atoms with Crippen molar-refractivity contribution in [3.05, 3.63) is 89.5 Å². The zero-order chi connectivity index (χ0) is 24.7. The maximum Gasteiger partial charge on any atom is 0.343 e. The minimum Gasteiger partial charge on any atom is -0.497 e. The monoisotopic (exact) mass is 497 g/mol. The van der Waals surface area contributed by atoms with Crippen LogP contribution >= 0.6 is 12.4 Å². The van der Waals surface area contributed by atoms with Crippen LogP contribution in [-0.4, -0.2) is 36.9 Å². The van der Waals surface area contributed by atoms with Crippen molar-refractivity contribution < 1.29 is 28.6 Å². The second-order valence-electron chi connectivity index (χ2n) is 8.56. The lowest BCUT2D eigenvalue weighted by molar-refractivity contribution is 0.0682. The summed E-state index contributed by atoms with van der Waals surface area (Å²) in [5.74, 6) is -0.892. The molecule has 0 saturated carbocycles. The molecule has 35 heavy (non-hydrogen) atoms. The minimum atomic E-state index is -0.645. The summed E-state index contributed by atoms with van der Waals surface area (Å²) in [4.78, 5) is 38.0. The Morgan fingerprint density at radius 2 is 1.29 bits per heavy atom. The Balaban J connectivity index is 0.00000432. The number of hydrogen-bond acceptors (Lipinski definition) is 7. The summed E-state index contributed by atoms with van der Waals surface area (Å²) in [6.07, 6.45) is 0. The van der Waals surface area contributed by atoms with E-state index in [2.05, 4.69) is 5.32 Å². The van der Waals surface area contributed by atoms with Crippen LogP contribution in [0.25, 0.3) is 0 Å². The van der Waals surface area contributed by atoms with E-state index in [0.29, 0.717) is 16.9 Å². The summed E-state index contributed by atoms with van der Waals surface area (Å²) in [6.45, 7) is 5.96. The van der Waals surface area contributed by atoms with Crippen LogP contribution < -0.4 is 19.5 Å². The van der Waals surface area contributed by atoms with Crippen molar-refractivity contribution in [1.29, 1.82) is 0 Å². The Morgan fingerprint density at radius 3 is 1.86 bits per heavy atom. The summed E-state index contributed by atoms with van der Waals surface area (Å²) in [7, 11) is 1.53. The maximum absolute atomic E-state index is 12.7. The van der Waals surface area contributed by atoms with Gasteiger partial charge in [0, 0.05) is 11.1 Å². The van der Waals surface area contributed by atoms with Crippen LogP contribution in [0.1, 0.15) is 51.8 Å². The molecule has 0 unspecified atom stereocenters. The van der Waals surface area contributed by atoms with Gasteiger partial charge in [-0.1, -0.05) is 18.2 Å². The number of ketones is 1. The zero-order valence-corrected chi connectivity index (χ0v) is 20.8. The highest BCUT2D eigenvalue weighted by Crippen LogP contribution is 2.30. The number of nitrogens with one attached hydrogen (secondary N) is 1. The van der Waals surface area contributed by atoms with Gasteiger partial charge in [0.25, 0.3) is 0 Å². The Labute approximate surface area is 210 Å². The van der Waals surface area contributed by atoms with Crippen molar-refractivity contribution in [3.63, 3.8) is 0 Å². The molecule has 0 aromatic heterocycles. The molecule has 0 bridgehead atoms. The van der Waals surface area contributed by atoms with Crippen LogP contribution in [0.2, 0.25) is 0 Å².